The van der Waals surface area contributed by atoms with Crippen LogP contribution in [0.1, 0.15) is 42.7 Å². The largest absolute Gasteiger partial charge is 0.391 e. The lowest BCUT2D eigenvalue weighted by Crippen LogP contribution is -2.37. The summed E-state index contributed by atoms with van der Waals surface area (Å²) in [6.07, 6.45) is 4.71. The third-order valence-corrected chi connectivity index (χ3v) is 5.93. The predicted molar refractivity (Wildman–Crippen MR) is 120 cm³/mol. The Morgan fingerprint density at radius 3 is 2.70 bits per heavy atom. The SMILES string of the molecule is CCC(O)C1C=C(C)C(c2cc3cnc(NC(=O)C4CC4(F)F)cc3nc2C(=O)NC)=CN1. The summed E-state index contributed by atoms with van der Waals surface area (Å²) in [4.78, 5) is 33.3. The highest BCUT2D eigenvalue weighted by atomic mass is 19.3. The molecule has 4 N–H and O–H groups in total. The van der Waals surface area contributed by atoms with E-state index in [0.29, 0.717) is 22.9 Å². The van der Waals surface area contributed by atoms with Gasteiger partial charge in [0.2, 0.25) is 5.91 Å². The Kier molecular flexibility index (Phi) is 5.87. The van der Waals surface area contributed by atoms with Crippen LogP contribution in [0, 0.1) is 5.92 Å². The maximum Gasteiger partial charge on any atom is 0.270 e. The Hall–Kier alpha value is -3.40. The van der Waals surface area contributed by atoms with Crippen LogP contribution in [0.3, 0.4) is 0 Å². The van der Waals surface area contributed by atoms with Gasteiger partial charge in [0, 0.05) is 48.5 Å². The van der Waals surface area contributed by atoms with Gasteiger partial charge in [-0.05, 0) is 25.0 Å². The zero-order valence-electron chi connectivity index (χ0n) is 18.4. The average molecular weight is 457 g/mol. The number of amides is 2. The number of anilines is 1. The molecule has 0 aromatic carbocycles. The van der Waals surface area contributed by atoms with Crippen LogP contribution in [-0.2, 0) is 4.79 Å². The third-order valence-electron chi connectivity index (χ3n) is 5.93. The lowest BCUT2D eigenvalue weighted by atomic mass is 9.92. The molecule has 4 rings (SSSR count). The van der Waals surface area contributed by atoms with Crippen molar-refractivity contribution in [3.63, 3.8) is 0 Å². The first kappa shape index (κ1) is 22.8. The Balaban J connectivity index is 1.69. The van der Waals surface area contributed by atoms with Crippen LogP contribution >= 0.6 is 0 Å². The predicted octanol–water partition coefficient (Wildman–Crippen LogP) is 2.61. The number of carbonyl (C=O) groups is 2. The van der Waals surface area contributed by atoms with Crippen LogP contribution in [0.15, 0.2) is 36.2 Å². The number of halogens is 2. The number of alkyl halides is 2. The number of nitrogens with one attached hydrogen (secondary N) is 3. The molecule has 2 aromatic heterocycles. The molecule has 174 valence electrons. The second kappa shape index (κ2) is 8.51. The number of aliphatic hydroxyl groups is 1. The molecular formula is C23H25F2N5O3. The van der Waals surface area contributed by atoms with Gasteiger partial charge in [0.25, 0.3) is 11.8 Å². The number of pyridine rings is 2. The van der Waals surface area contributed by atoms with E-state index in [-0.39, 0.29) is 17.6 Å². The number of allylic oxidation sites excluding steroid dienone is 2. The Bertz CT molecular complexity index is 1190. The first-order valence-electron chi connectivity index (χ1n) is 10.7. The molecule has 1 saturated carbocycles. The number of nitrogens with zero attached hydrogens (tertiary/aromatic N) is 2. The highest BCUT2D eigenvalue weighted by Crippen LogP contribution is 2.49. The van der Waals surface area contributed by atoms with Crippen LogP contribution < -0.4 is 16.0 Å². The quantitative estimate of drug-likeness (QED) is 0.530. The van der Waals surface area contributed by atoms with Crippen LogP contribution in [0.25, 0.3) is 16.5 Å². The van der Waals surface area contributed by atoms with Crippen molar-refractivity contribution < 1.29 is 23.5 Å². The van der Waals surface area contributed by atoms with Crippen molar-refractivity contribution in [1.82, 2.24) is 20.6 Å². The van der Waals surface area contributed by atoms with Gasteiger partial charge in [0.05, 0.1) is 17.7 Å². The molecule has 1 aliphatic carbocycles. The summed E-state index contributed by atoms with van der Waals surface area (Å²) in [6.45, 7) is 3.79. The zero-order valence-corrected chi connectivity index (χ0v) is 18.4. The standard InChI is InChI=1S/C23H25F2N5O3/c1-4-18(31)17-5-11(2)14(10-27-17)13-6-12-9-28-19(30-21(32)15-8-23(15,24)25)7-16(12)29-20(13)22(33)26-3/h5-7,9-10,15,17-18,27,31H,4,8H2,1-3H3,(H,26,33)(H,28,30,32). The molecule has 3 heterocycles. The number of carbonyl (C=O) groups excluding carboxylic acids is 2. The summed E-state index contributed by atoms with van der Waals surface area (Å²) < 4.78 is 26.3. The van der Waals surface area contributed by atoms with Gasteiger partial charge in [0.1, 0.15) is 17.4 Å². The van der Waals surface area contributed by atoms with Crippen molar-refractivity contribution in [2.75, 3.05) is 12.4 Å². The summed E-state index contributed by atoms with van der Waals surface area (Å²) >= 11 is 0. The van der Waals surface area contributed by atoms with Crippen molar-refractivity contribution in [2.24, 2.45) is 5.92 Å². The zero-order chi connectivity index (χ0) is 23.9. The van der Waals surface area contributed by atoms with Gasteiger partial charge in [-0.2, -0.15) is 0 Å². The summed E-state index contributed by atoms with van der Waals surface area (Å²) in [6, 6.07) is 2.98. The summed E-state index contributed by atoms with van der Waals surface area (Å²) in [5.74, 6) is -5.43. The van der Waals surface area contributed by atoms with E-state index in [9.17, 15) is 23.5 Å². The third kappa shape index (κ3) is 4.43. The maximum atomic E-state index is 13.2. The van der Waals surface area contributed by atoms with Crippen LogP contribution in [0.4, 0.5) is 14.6 Å². The van der Waals surface area contributed by atoms with E-state index in [1.165, 1.54) is 19.3 Å². The van der Waals surface area contributed by atoms with Crippen molar-refractivity contribution in [3.8, 4) is 0 Å². The first-order valence-corrected chi connectivity index (χ1v) is 10.7. The molecule has 2 aliphatic rings. The van der Waals surface area contributed by atoms with Crippen molar-refractivity contribution in [2.45, 2.75) is 44.8 Å². The highest BCUT2D eigenvalue weighted by Gasteiger charge is 2.61. The van der Waals surface area contributed by atoms with Crippen LogP contribution in [0.5, 0.6) is 0 Å². The van der Waals surface area contributed by atoms with Gasteiger partial charge in [0.15, 0.2) is 0 Å². The molecule has 2 aromatic rings. The van der Waals surface area contributed by atoms with E-state index >= 15 is 0 Å². The Morgan fingerprint density at radius 1 is 1.36 bits per heavy atom. The molecule has 0 saturated heterocycles. The number of hydrogen-bond donors (Lipinski definition) is 4. The summed E-state index contributed by atoms with van der Waals surface area (Å²) in [5.41, 5.74) is 2.74. The molecular weight excluding hydrogens is 432 g/mol. The Morgan fingerprint density at radius 2 is 2.09 bits per heavy atom. The monoisotopic (exact) mass is 457 g/mol. The molecule has 1 fully saturated rings. The van der Waals surface area contributed by atoms with Gasteiger partial charge >= 0.3 is 0 Å². The van der Waals surface area contributed by atoms with E-state index < -0.39 is 36.2 Å². The number of rotatable bonds is 6. The van der Waals surface area contributed by atoms with Crippen LogP contribution in [0.2, 0.25) is 0 Å². The van der Waals surface area contributed by atoms with Gasteiger partial charge in [-0.15, -0.1) is 0 Å². The molecule has 3 unspecified atom stereocenters. The molecule has 8 nitrogen and oxygen atoms in total. The van der Waals surface area contributed by atoms with Gasteiger partial charge in [-0.1, -0.05) is 13.0 Å². The lowest BCUT2D eigenvalue weighted by molar-refractivity contribution is -0.119. The van der Waals surface area contributed by atoms with E-state index in [1.807, 2.05) is 19.9 Å². The fourth-order valence-electron chi connectivity index (χ4n) is 3.81. The molecule has 2 amide bonds. The number of aromatic nitrogens is 2. The second-order valence-electron chi connectivity index (χ2n) is 8.31. The fourth-order valence-corrected chi connectivity index (χ4v) is 3.81. The Labute approximate surface area is 189 Å². The molecule has 0 bridgehead atoms. The normalized spacial score (nSPS) is 22.0. The molecule has 0 radical (unpaired) electrons. The van der Waals surface area contributed by atoms with Crippen LogP contribution in [-0.4, -0.2) is 52.0 Å². The highest BCUT2D eigenvalue weighted by molar-refractivity contribution is 6.03. The van der Waals surface area contributed by atoms with Crippen molar-refractivity contribution in [1.29, 1.82) is 0 Å². The van der Waals surface area contributed by atoms with Crippen molar-refractivity contribution >= 4 is 34.1 Å². The second-order valence-corrected chi connectivity index (χ2v) is 8.31. The molecule has 33 heavy (non-hydrogen) atoms. The average Bonchev–Trinajstić information content (AvgIpc) is 3.45. The minimum absolute atomic E-state index is 0.0873. The fraction of sp³-hybridized carbons (Fsp3) is 0.391. The lowest BCUT2D eigenvalue weighted by Gasteiger charge is -2.26. The first-order chi connectivity index (χ1) is 15.6. The molecule has 10 heteroatoms. The topological polar surface area (TPSA) is 116 Å². The molecule has 1 aliphatic heterocycles. The van der Waals surface area contributed by atoms with E-state index in [1.54, 1.807) is 12.3 Å². The van der Waals surface area contributed by atoms with Gasteiger partial charge in [-0.3, -0.25) is 9.59 Å². The van der Waals surface area contributed by atoms with Gasteiger partial charge < -0.3 is 21.1 Å². The summed E-state index contributed by atoms with van der Waals surface area (Å²) in [7, 11) is 1.50. The number of aliphatic hydroxyl groups excluding tert-OH is 1. The van der Waals surface area contributed by atoms with E-state index in [0.717, 1.165) is 11.1 Å². The molecule has 0 spiro atoms. The van der Waals surface area contributed by atoms with E-state index in [2.05, 4.69) is 25.9 Å². The van der Waals surface area contributed by atoms with E-state index in [4.69, 9.17) is 0 Å². The maximum absolute atomic E-state index is 13.2. The van der Waals surface area contributed by atoms with Gasteiger partial charge in [-0.25, -0.2) is 18.7 Å². The molecule has 3 atom stereocenters. The number of dihydropyridines is 1. The van der Waals surface area contributed by atoms with Crippen molar-refractivity contribution in [3.05, 3.63) is 47.4 Å². The summed E-state index contributed by atoms with van der Waals surface area (Å²) in [5, 5.41) is 18.9. The smallest absolute Gasteiger partial charge is 0.270 e. The number of fused-ring (bicyclic) bond motifs is 1. The minimum Gasteiger partial charge on any atom is -0.391 e. The minimum atomic E-state index is -2.97. The number of hydrogen-bond acceptors (Lipinski definition) is 6.